The highest BCUT2D eigenvalue weighted by molar-refractivity contribution is 7.06. The van der Waals surface area contributed by atoms with Crippen LogP contribution in [0.4, 0.5) is 11.5 Å². The third kappa shape index (κ3) is 2.06. The molecule has 0 saturated carbocycles. The van der Waals surface area contributed by atoms with Gasteiger partial charge in [-0.15, -0.1) is 0 Å². The molecule has 0 radical (unpaired) electrons. The number of nitrogens with two attached hydrogens (primary N) is 1. The maximum absolute atomic E-state index is 5.63. The van der Waals surface area contributed by atoms with Crippen molar-refractivity contribution in [2.75, 3.05) is 23.8 Å². The second-order valence-electron chi connectivity index (χ2n) is 3.96. The first kappa shape index (κ1) is 10.4. The smallest absolute Gasteiger partial charge is 0.142 e. The molecule has 0 spiro atoms. The quantitative estimate of drug-likeness (QED) is 0.883. The van der Waals surface area contributed by atoms with E-state index < -0.39 is 0 Å². The standard InChI is InChI=1S/C12H13N3OS/c13-12-7-9(17-14-12)8-15-5-6-16-11-4-2-1-3-10(11)15/h1-4,7H,5-6,8H2,(H2,13,14). The van der Waals surface area contributed by atoms with Gasteiger partial charge in [-0.25, -0.2) is 0 Å². The molecule has 0 atom stereocenters. The number of hydrogen-bond acceptors (Lipinski definition) is 5. The van der Waals surface area contributed by atoms with Crippen LogP contribution >= 0.6 is 11.5 Å². The summed E-state index contributed by atoms with van der Waals surface area (Å²) in [6, 6.07) is 10.0. The Morgan fingerprint density at radius 3 is 3.12 bits per heavy atom. The van der Waals surface area contributed by atoms with Crippen molar-refractivity contribution >= 4 is 23.0 Å². The van der Waals surface area contributed by atoms with Gasteiger partial charge in [-0.05, 0) is 29.7 Å². The lowest BCUT2D eigenvalue weighted by molar-refractivity contribution is 0.307. The number of nitrogens with zero attached hydrogens (tertiary/aromatic N) is 2. The minimum Gasteiger partial charge on any atom is -0.490 e. The highest BCUT2D eigenvalue weighted by Gasteiger charge is 2.18. The molecule has 2 heterocycles. The van der Waals surface area contributed by atoms with Crippen LogP contribution < -0.4 is 15.4 Å². The Hall–Kier alpha value is -1.75. The van der Waals surface area contributed by atoms with Crippen LogP contribution in [0.3, 0.4) is 0 Å². The van der Waals surface area contributed by atoms with Crippen molar-refractivity contribution in [3.8, 4) is 5.75 Å². The average Bonchev–Trinajstić information content (AvgIpc) is 2.75. The molecular weight excluding hydrogens is 234 g/mol. The zero-order valence-electron chi connectivity index (χ0n) is 9.30. The molecule has 0 saturated heterocycles. The lowest BCUT2D eigenvalue weighted by atomic mass is 10.2. The highest BCUT2D eigenvalue weighted by Crippen LogP contribution is 2.32. The molecule has 0 bridgehead atoms. The van der Waals surface area contributed by atoms with E-state index in [1.807, 2.05) is 24.3 Å². The summed E-state index contributed by atoms with van der Waals surface area (Å²) in [5.74, 6) is 1.56. The molecule has 5 heteroatoms. The van der Waals surface area contributed by atoms with Crippen molar-refractivity contribution in [3.63, 3.8) is 0 Å². The number of ether oxygens (including phenoxy) is 1. The lowest BCUT2D eigenvalue weighted by Crippen LogP contribution is -2.31. The number of benzene rings is 1. The molecule has 0 fully saturated rings. The van der Waals surface area contributed by atoms with Gasteiger partial charge in [-0.2, -0.15) is 4.37 Å². The van der Waals surface area contributed by atoms with Crippen molar-refractivity contribution in [2.45, 2.75) is 6.54 Å². The van der Waals surface area contributed by atoms with Crippen LogP contribution in [-0.4, -0.2) is 17.5 Å². The van der Waals surface area contributed by atoms with Gasteiger partial charge in [0.15, 0.2) is 0 Å². The molecular formula is C12H13N3OS. The fourth-order valence-electron chi connectivity index (χ4n) is 1.98. The first-order valence-corrected chi connectivity index (χ1v) is 6.28. The van der Waals surface area contributed by atoms with E-state index in [0.29, 0.717) is 5.82 Å². The van der Waals surface area contributed by atoms with Gasteiger partial charge in [0.1, 0.15) is 18.2 Å². The van der Waals surface area contributed by atoms with Gasteiger partial charge in [0, 0.05) is 4.88 Å². The van der Waals surface area contributed by atoms with Crippen molar-refractivity contribution < 1.29 is 4.74 Å². The number of nitrogen functional groups attached to an aromatic ring is 1. The number of rotatable bonds is 2. The Balaban J connectivity index is 1.85. The van der Waals surface area contributed by atoms with Crippen LogP contribution in [0.25, 0.3) is 0 Å². The zero-order chi connectivity index (χ0) is 11.7. The number of para-hydroxylation sites is 2. The predicted molar refractivity (Wildman–Crippen MR) is 69.5 cm³/mol. The van der Waals surface area contributed by atoms with Crippen molar-refractivity contribution in [1.82, 2.24) is 4.37 Å². The molecule has 17 heavy (non-hydrogen) atoms. The first-order chi connectivity index (χ1) is 8.33. The van der Waals surface area contributed by atoms with Gasteiger partial charge in [0.05, 0.1) is 18.8 Å². The van der Waals surface area contributed by atoms with Gasteiger partial charge in [-0.3, -0.25) is 0 Å². The summed E-state index contributed by atoms with van der Waals surface area (Å²) >= 11 is 1.46. The third-order valence-corrected chi connectivity index (χ3v) is 3.53. The van der Waals surface area contributed by atoms with E-state index in [1.54, 1.807) is 0 Å². The van der Waals surface area contributed by atoms with E-state index in [9.17, 15) is 0 Å². The van der Waals surface area contributed by atoms with Crippen LogP contribution in [0.15, 0.2) is 30.3 Å². The Morgan fingerprint density at radius 2 is 2.29 bits per heavy atom. The predicted octanol–water partition coefficient (Wildman–Crippen LogP) is 2.12. The number of aromatic nitrogens is 1. The fraction of sp³-hybridized carbons (Fsp3) is 0.250. The fourth-order valence-corrected chi connectivity index (χ4v) is 2.64. The number of hydrogen-bond donors (Lipinski definition) is 1. The van der Waals surface area contributed by atoms with Crippen molar-refractivity contribution in [3.05, 3.63) is 35.2 Å². The molecule has 1 aliphatic rings. The summed E-state index contributed by atoms with van der Waals surface area (Å²) in [6.07, 6.45) is 0. The van der Waals surface area contributed by atoms with Gasteiger partial charge in [0.2, 0.25) is 0 Å². The minimum absolute atomic E-state index is 0.603. The van der Waals surface area contributed by atoms with Gasteiger partial charge in [0.25, 0.3) is 0 Å². The molecule has 2 aromatic rings. The molecule has 1 aliphatic heterocycles. The van der Waals surface area contributed by atoms with Crippen LogP contribution in [0.2, 0.25) is 0 Å². The summed E-state index contributed by atoms with van der Waals surface area (Å²) in [5, 5.41) is 0. The Kier molecular flexibility index (Phi) is 2.60. The van der Waals surface area contributed by atoms with Gasteiger partial charge < -0.3 is 15.4 Å². The monoisotopic (exact) mass is 247 g/mol. The molecule has 4 nitrogen and oxygen atoms in total. The first-order valence-electron chi connectivity index (χ1n) is 5.51. The summed E-state index contributed by atoms with van der Waals surface area (Å²) in [4.78, 5) is 3.48. The van der Waals surface area contributed by atoms with Crippen molar-refractivity contribution in [2.24, 2.45) is 0 Å². The highest BCUT2D eigenvalue weighted by atomic mass is 32.1. The van der Waals surface area contributed by atoms with E-state index in [0.717, 1.165) is 31.1 Å². The van der Waals surface area contributed by atoms with Crippen LogP contribution in [0.1, 0.15) is 4.88 Å². The Morgan fingerprint density at radius 1 is 1.41 bits per heavy atom. The summed E-state index contributed by atoms with van der Waals surface area (Å²) in [6.45, 7) is 2.47. The largest absolute Gasteiger partial charge is 0.490 e. The van der Waals surface area contributed by atoms with Gasteiger partial charge in [-0.1, -0.05) is 12.1 Å². The SMILES string of the molecule is Nc1cc(CN2CCOc3ccccc32)sn1. The lowest BCUT2D eigenvalue weighted by Gasteiger charge is -2.30. The molecule has 0 amide bonds. The third-order valence-electron chi connectivity index (χ3n) is 2.75. The zero-order valence-corrected chi connectivity index (χ0v) is 10.1. The normalized spacial score (nSPS) is 14.2. The molecule has 0 unspecified atom stereocenters. The topological polar surface area (TPSA) is 51.4 Å². The molecule has 88 valence electrons. The maximum atomic E-state index is 5.63. The van der Waals surface area contributed by atoms with Crippen LogP contribution in [0.5, 0.6) is 5.75 Å². The number of fused-ring (bicyclic) bond motifs is 1. The minimum atomic E-state index is 0.603. The molecule has 1 aromatic carbocycles. The molecule has 3 rings (SSSR count). The summed E-state index contributed by atoms with van der Waals surface area (Å²) in [5.41, 5.74) is 6.78. The van der Waals surface area contributed by atoms with E-state index in [-0.39, 0.29) is 0 Å². The van der Waals surface area contributed by atoms with E-state index >= 15 is 0 Å². The molecule has 0 aliphatic carbocycles. The van der Waals surface area contributed by atoms with E-state index in [1.165, 1.54) is 16.4 Å². The number of anilines is 2. The summed E-state index contributed by atoms with van der Waals surface area (Å²) < 4.78 is 9.72. The second-order valence-corrected chi connectivity index (χ2v) is 4.85. The molecule has 1 aromatic heterocycles. The summed E-state index contributed by atoms with van der Waals surface area (Å²) in [7, 11) is 0. The van der Waals surface area contributed by atoms with Crippen LogP contribution in [-0.2, 0) is 6.54 Å². The van der Waals surface area contributed by atoms with Crippen molar-refractivity contribution in [1.29, 1.82) is 0 Å². The second kappa shape index (κ2) is 4.25. The van der Waals surface area contributed by atoms with E-state index in [2.05, 4.69) is 15.3 Å². The maximum Gasteiger partial charge on any atom is 0.142 e. The van der Waals surface area contributed by atoms with Crippen LogP contribution in [0, 0.1) is 0 Å². The van der Waals surface area contributed by atoms with Gasteiger partial charge >= 0.3 is 0 Å². The Labute approximate surface area is 104 Å². The molecule has 2 N–H and O–H groups in total. The average molecular weight is 247 g/mol. The van der Waals surface area contributed by atoms with E-state index in [4.69, 9.17) is 10.5 Å². The Bertz CT molecular complexity index is 526.